The van der Waals surface area contributed by atoms with Crippen LogP contribution < -0.4 is 15.5 Å². The molecule has 4 atom stereocenters. The molecule has 2 amide bonds. The predicted octanol–water partition coefficient (Wildman–Crippen LogP) is 2.45. The van der Waals surface area contributed by atoms with E-state index < -0.39 is 18.3 Å². The molecule has 10 heteroatoms. The van der Waals surface area contributed by atoms with Gasteiger partial charge in [0.15, 0.2) is 12.0 Å². The highest BCUT2D eigenvalue weighted by Crippen LogP contribution is 2.33. The molecule has 1 aromatic carbocycles. The van der Waals surface area contributed by atoms with Crippen molar-refractivity contribution in [1.82, 2.24) is 15.2 Å². The molecule has 38 heavy (non-hydrogen) atoms. The fraction of sp³-hybridized carbons (Fsp3) is 0.393. The van der Waals surface area contributed by atoms with Crippen molar-refractivity contribution in [3.8, 4) is 5.75 Å². The molecule has 5 N–H and O–H groups in total. The zero-order valence-electron chi connectivity index (χ0n) is 21.6. The van der Waals surface area contributed by atoms with Crippen molar-refractivity contribution in [3.05, 3.63) is 58.6 Å². The van der Waals surface area contributed by atoms with E-state index in [-0.39, 0.29) is 17.9 Å². The van der Waals surface area contributed by atoms with Crippen LogP contribution >= 0.6 is 0 Å². The molecule has 5 rings (SSSR count). The van der Waals surface area contributed by atoms with Gasteiger partial charge in [0.05, 0.1) is 29.0 Å². The van der Waals surface area contributed by atoms with Crippen LogP contribution in [0, 0.1) is 13.8 Å². The normalized spacial score (nSPS) is 23.4. The molecule has 9 nitrogen and oxygen atoms in total. The number of nitrogens with one attached hydrogen (secondary N) is 2. The van der Waals surface area contributed by atoms with Crippen LogP contribution in [-0.2, 0) is 0 Å². The number of rotatable bonds is 7. The fourth-order valence-corrected chi connectivity index (χ4v) is 5.20. The lowest BCUT2D eigenvalue weighted by molar-refractivity contribution is -0.104. The minimum absolute atomic E-state index is 0.0542. The number of aliphatic hydroxyl groups excluding tert-OH is 1. The number of hydrogen-bond donors (Lipinski definition) is 4. The average Bonchev–Trinajstić information content (AvgIpc) is 3.53. The van der Waals surface area contributed by atoms with Gasteiger partial charge in [-0.05, 0) is 57.7 Å². The van der Waals surface area contributed by atoms with E-state index in [1.54, 1.807) is 42.3 Å². The lowest BCUT2D eigenvalue weighted by atomic mass is 9.90. The molecule has 2 aromatic heterocycles. The van der Waals surface area contributed by atoms with E-state index in [1.165, 1.54) is 6.21 Å². The molecule has 1 aliphatic heterocycles. The van der Waals surface area contributed by atoms with Gasteiger partial charge in [0.25, 0.3) is 11.8 Å². The van der Waals surface area contributed by atoms with Crippen LogP contribution in [-0.4, -0.2) is 63.9 Å². The summed E-state index contributed by atoms with van der Waals surface area (Å²) < 4.78 is 25.6. The second kappa shape index (κ2) is 10.1. The maximum absolute atomic E-state index is 13.7. The highest BCUT2D eigenvalue weighted by molar-refractivity contribution is 6.07. The van der Waals surface area contributed by atoms with Crippen molar-refractivity contribution in [2.75, 3.05) is 6.54 Å². The summed E-state index contributed by atoms with van der Waals surface area (Å²) in [4.78, 5) is 30.8. The maximum atomic E-state index is 13.7. The first-order valence-corrected chi connectivity index (χ1v) is 12.8. The second-order valence-corrected chi connectivity index (χ2v) is 10.1. The molecule has 2 aliphatic rings. The van der Waals surface area contributed by atoms with Crippen molar-refractivity contribution in [1.29, 1.82) is 0 Å². The number of carbonyl (C=O) groups excluding carboxylic acids is 2. The number of aliphatic hydroxyl groups is 1. The molecule has 3 aromatic rings. The highest BCUT2D eigenvalue weighted by Gasteiger charge is 2.34. The van der Waals surface area contributed by atoms with Crippen LogP contribution in [0.4, 0.5) is 4.39 Å². The summed E-state index contributed by atoms with van der Waals surface area (Å²) >= 11 is 0. The Bertz CT molecular complexity index is 1440. The van der Waals surface area contributed by atoms with Crippen molar-refractivity contribution in [2.24, 2.45) is 0 Å². The third kappa shape index (κ3) is 4.60. The van der Waals surface area contributed by atoms with Crippen molar-refractivity contribution in [3.63, 3.8) is 0 Å². The number of allylic oxidation sites excluding steroid dienone is 1. The second-order valence-electron chi connectivity index (χ2n) is 10.1. The fourth-order valence-electron chi connectivity index (χ4n) is 5.20. The number of likely N-dealkylation sites (tertiary alicyclic amines) is 1. The average molecular weight is 524 g/mol. The summed E-state index contributed by atoms with van der Waals surface area (Å²) in [5.41, 5.74) is 2.59. The number of ether oxygens (including phenoxy) is 1. The number of fused-ring (bicyclic) bond motifs is 1. The highest BCUT2D eigenvalue weighted by atomic mass is 19.1. The molecule has 1 saturated heterocycles. The molecular formula is C28H32FN4O5+. The monoisotopic (exact) mass is 523 g/mol. The number of halogens is 1. The first kappa shape index (κ1) is 25.7. The molecule has 2 fully saturated rings. The van der Waals surface area contributed by atoms with Crippen molar-refractivity contribution in [2.45, 2.75) is 64.4 Å². The number of alkyl halides is 1. The number of furan rings is 1. The van der Waals surface area contributed by atoms with Gasteiger partial charge in [0.1, 0.15) is 23.3 Å². The zero-order chi connectivity index (χ0) is 27.1. The van der Waals surface area contributed by atoms with Gasteiger partial charge in [-0.15, -0.1) is 0 Å². The van der Waals surface area contributed by atoms with Crippen molar-refractivity contribution < 1.29 is 33.6 Å². The van der Waals surface area contributed by atoms with Gasteiger partial charge < -0.3 is 29.5 Å². The van der Waals surface area contributed by atoms with Crippen LogP contribution in [0.1, 0.15) is 63.9 Å². The molecule has 0 radical (unpaired) electrons. The lowest BCUT2D eigenvalue weighted by Gasteiger charge is -2.30. The van der Waals surface area contributed by atoms with Crippen molar-refractivity contribution >= 4 is 34.8 Å². The molecular weight excluding hydrogens is 491 g/mol. The molecule has 0 bridgehead atoms. The van der Waals surface area contributed by atoms with E-state index in [1.807, 2.05) is 13.8 Å². The van der Waals surface area contributed by atoms with Gasteiger partial charge in [-0.1, -0.05) is 0 Å². The lowest BCUT2D eigenvalue weighted by Crippen LogP contribution is -2.48. The van der Waals surface area contributed by atoms with E-state index in [2.05, 4.69) is 10.3 Å². The van der Waals surface area contributed by atoms with Gasteiger partial charge in [-0.3, -0.25) is 15.0 Å². The summed E-state index contributed by atoms with van der Waals surface area (Å²) in [5, 5.41) is 19.0. The molecule has 1 saturated carbocycles. The largest absolute Gasteiger partial charge is 0.460 e. The molecule has 200 valence electrons. The van der Waals surface area contributed by atoms with Crippen LogP contribution in [0.5, 0.6) is 5.75 Å². The van der Waals surface area contributed by atoms with E-state index in [0.717, 1.165) is 0 Å². The van der Waals surface area contributed by atoms with Crippen LogP contribution in [0.15, 0.2) is 34.9 Å². The van der Waals surface area contributed by atoms with Gasteiger partial charge >= 0.3 is 0 Å². The summed E-state index contributed by atoms with van der Waals surface area (Å²) in [6.45, 7) is 5.73. The Balaban J connectivity index is 1.38. The number of benzene rings is 1. The van der Waals surface area contributed by atoms with Crippen LogP contribution in [0.3, 0.4) is 0 Å². The Morgan fingerprint density at radius 1 is 1.32 bits per heavy atom. The minimum atomic E-state index is -1.01. The number of β-amino-alcohol motifs (C(OH)–C–C–N with tert-alkyl or cyclic N) is 1. The summed E-state index contributed by atoms with van der Waals surface area (Å²) in [5.74, 6) is 0.731. The topological polar surface area (TPSA) is 133 Å². The number of hydrogen-bond acceptors (Lipinski definition) is 5. The number of H-pyrrole nitrogens is 1. The summed E-state index contributed by atoms with van der Waals surface area (Å²) in [6.07, 6.45) is 4.65. The Kier molecular flexibility index (Phi) is 6.83. The number of amides is 2. The third-order valence-electron chi connectivity index (χ3n) is 7.48. The van der Waals surface area contributed by atoms with Crippen LogP contribution in [0.25, 0.3) is 16.7 Å². The standard InChI is InChI=1S/C28H31FN4O5/c1-14-10-17(34)13-33(14)28(36)20-12-31-26(15(20)2)23(8-9-30)38-18-4-5-19-24(11-18)37-16(3)25(19)27(35)32-22-7-6-21(22)29/h4-5,8-9,11-12,14,17,21-22,30-31,34H,6-7,10,13H2,1-3H3,(H,32,35)/p+1/b23-8+,30-9?/t14-,17-,21+,22-/m1/s1. The van der Waals surface area contributed by atoms with Crippen LogP contribution in [0.2, 0.25) is 0 Å². The number of nitrogens with zero attached hydrogens (tertiary/aromatic N) is 1. The molecule has 3 heterocycles. The number of aromatic nitrogens is 1. The Morgan fingerprint density at radius 2 is 2.11 bits per heavy atom. The van der Waals surface area contributed by atoms with E-state index in [9.17, 15) is 19.1 Å². The van der Waals surface area contributed by atoms with E-state index >= 15 is 0 Å². The minimum Gasteiger partial charge on any atom is -0.460 e. The third-order valence-corrected chi connectivity index (χ3v) is 7.48. The molecule has 1 aliphatic carbocycles. The smallest absolute Gasteiger partial charge is 0.256 e. The van der Waals surface area contributed by atoms with Gasteiger partial charge in [-0.25, -0.2) is 4.39 Å². The Labute approximate surface area is 219 Å². The van der Waals surface area contributed by atoms with E-state index in [4.69, 9.17) is 14.6 Å². The summed E-state index contributed by atoms with van der Waals surface area (Å²) in [7, 11) is 0. The van der Waals surface area contributed by atoms with Gasteiger partial charge in [0.2, 0.25) is 0 Å². The number of carbonyl (C=O) groups is 2. The molecule has 0 spiro atoms. The predicted molar refractivity (Wildman–Crippen MR) is 140 cm³/mol. The Hall–Kier alpha value is -3.92. The first-order valence-electron chi connectivity index (χ1n) is 12.8. The first-order chi connectivity index (χ1) is 18.2. The number of nitrogens with two attached hydrogens (primary N) is 1. The molecule has 0 unspecified atom stereocenters. The SMILES string of the molecule is Cc1oc2cc(O/C(=C/C=[NH2+])c3[nH]cc(C(=O)N4C[C@H](O)C[C@H]4C)c3C)ccc2c1C(=O)N[C@@H]1CC[C@@H]1F. The van der Waals surface area contributed by atoms with Gasteiger partial charge in [-0.2, -0.15) is 0 Å². The Morgan fingerprint density at radius 3 is 2.74 bits per heavy atom. The number of aromatic amines is 1. The zero-order valence-corrected chi connectivity index (χ0v) is 21.6. The van der Waals surface area contributed by atoms with E-state index in [0.29, 0.717) is 76.4 Å². The quantitative estimate of drug-likeness (QED) is 0.279. The number of aryl methyl sites for hydroxylation is 1. The van der Waals surface area contributed by atoms with Gasteiger partial charge in [0, 0.05) is 36.3 Å². The summed E-state index contributed by atoms with van der Waals surface area (Å²) in [6, 6.07) is 4.58. The maximum Gasteiger partial charge on any atom is 0.256 e.